The Labute approximate surface area is 146 Å². The third-order valence-electron chi connectivity index (χ3n) is 5.01. The summed E-state index contributed by atoms with van der Waals surface area (Å²) in [5, 5.41) is 0. The van der Waals surface area contributed by atoms with Gasteiger partial charge in [0.25, 0.3) is 0 Å². The van der Waals surface area contributed by atoms with Crippen LogP contribution in [0.5, 0.6) is 5.75 Å². The monoisotopic (exact) mass is 336 g/mol. The van der Waals surface area contributed by atoms with E-state index in [9.17, 15) is 9.59 Å². The van der Waals surface area contributed by atoms with Crippen molar-refractivity contribution in [2.45, 2.75) is 12.8 Å². The maximum absolute atomic E-state index is 13.0. The van der Waals surface area contributed by atoms with Gasteiger partial charge in [-0.15, -0.1) is 0 Å². The molecule has 0 aliphatic carbocycles. The zero-order valence-corrected chi connectivity index (χ0v) is 14.1. The minimum atomic E-state index is -0.291. The molecule has 0 aromatic heterocycles. The first-order valence-corrected chi connectivity index (χ1v) is 8.51. The number of benzene rings is 2. The number of hydrogen-bond acceptors (Lipinski definition) is 3. The molecule has 0 spiro atoms. The molecule has 1 atom stereocenters. The Morgan fingerprint density at radius 1 is 1.12 bits per heavy atom. The maximum Gasteiger partial charge on any atom is 0.232 e. The summed E-state index contributed by atoms with van der Waals surface area (Å²) in [7, 11) is 1.61. The summed E-state index contributed by atoms with van der Waals surface area (Å²) in [5.74, 6) is 0.503. The van der Waals surface area contributed by atoms with Crippen molar-refractivity contribution in [1.29, 1.82) is 0 Å². The van der Waals surface area contributed by atoms with Gasteiger partial charge in [0.1, 0.15) is 5.75 Å². The lowest BCUT2D eigenvalue weighted by Gasteiger charge is -2.21. The van der Waals surface area contributed by atoms with Crippen molar-refractivity contribution in [1.82, 2.24) is 0 Å². The van der Waals surface area contributed by atoms with Crippen molar-refractivity contribution in [3.63, 3.8) is 0 Å². The van der Waals surface area contributed by atoms with E-state index in [-0.39, 0.29) is 24.2 Å². The molecule has 0 N–H and O–H groups in total. The van der Waals surface area contributed by atoms with Crippen LogP contribution in [0.4, 0.5) is 11.4 Å². The number of hydrogen-bond donors (Lipinski definition) is 0. The predicted molar refractivity (Wildman–Crippen MR) is 96.0 cm³/mol. The van der Waals surface area contributed by atoms with Gasteiger partial charge < -0.3 is 14.5 Å². The fraction of sp³-hybridized carbons (Fsp3) is 0.300. The van der Waals surface area contributed by atoms with E-state index in [2.05, 4.69) is 6.07 Å². The van der Waals surface area contributed by atoms with Crippen LogP contribution in [-0.4, -0.2) is 32.0 Å². The summed E-state index contributed by atoms with van der Waals surface area (Å²) in [6, 6.07) is 15.4. The molecule has 2 heterocycles. The summed E-state index contributed by atoms with van der Waals surface area (Å²) < 4.78 is 5.15. The minimum absolute atomic E-state index is 0.00370. The molecule has 1 saturated heterocycles. The molecule has 2 aliphatic rings. The number of nitrogens with zero attached hydrogens (tertiary/aromatic N) is 2. The fourth-order valence-corrected chi connectivity index (χ4v) is 3.67. The normalized spacial score (nSPS) is 19.2. The highest BCUT2D eigenvalue weighted by Gasteiger charge is 2.38. The van der Waals surface area contributed by atoms with E-state index in [1.54, 1.807) is 12.0 Å². The zero-order chi connectivity index (χ0) is 17.4. The summed E-state index contributed by atoms with van der Waals surface area (Å²) >= 11 is 0. The molecular weight excluding hydrogens is 316 g/mol. The number of fused-ring (bicyclic) bond motifs is 1. The molecule has 1 fully saturated rings. The molecule has 2 aromatic rings. The molecular formula is C20H20N2O3. The van der Waals surface area contributed by atoms with Gasteiger partial charge in [-0.3, -0.25) is 9.59 Å². The molecule has 4 rings (SSSR count). The Bertz CT molecular complexity index is 816. The Morgan fingerprint density at radius 3 is 2.64 bits per heavy atom. The molecule has 5 heteroatoms. The Balaban J connectivity index is 1.51. The van der Waals surface area contributed by atoms with Crippen LogP contribution in [0.3, 0.4) is 0 Å². The quantitative estimate of drug-likeness (QED) is 0.866. The van der Waals surface area contributed by atoms with E-state index >= 15 is 0 Å². The van der Waals surface area contributed by atoms with E-state index in [1.807, 2.05) is 47.4 Å². The number of anilines is 2. The Kier molecular flexibility index (Phi) is 3.92. The molecule has 128 valence electrons. The molecule has 2 aromatic carbocycles. The second-order valence-electron chi connectivity index (χ2n) is 6.47. The first kappa shape index (κ1) is 15.7. The maximum atomic E-state index is 13.0. The number of ether oxygens (including phenoxy) is 1. The van der Waals surface area contributed by atoms with E-state index in [0.717, 1.165) is 23.5 Å². The minimum Gasteiger partial charge on any atom is -0.497 e. The van der Waals surface area contributed by atoms with Crippen molar-refractivity contribution in [2.75, 3.05) is 30.0 Å². The van der Waals surface area contributed by atoms with E-state index in [0.29, 0.717) is 13.1 Å². The molecule has 5 nitrogen and oxygen atoms in total. The van der Waals surface area contributed by atoms with Crippen LogP contribution in [0.1, 0.15) is 12.0 Å². The van der Waals surface area contributed by atoms with E-state index < -0.39 is 0 Å². The van der Waals surface area contributed by atoms with Crippen molar-refractivity contribution >= 4 is 23.2 Å². The second-order valence-corrected chi connectivity index (χ2v) is 6.47. The molecule has 0 unspecified atom stereocenters. The van der Waals surface area contributed by atoms with Crippen LogP contribution < -0.4 is 14.5 Å². The van der Waals surface area contributed by atoms with Crippen molar-refractivity contribution in [2.24, 2.45) is 5.92 Å². The second kappa shape index (κ2) is 6.24. The first-order chi connectivity index (χ1) is 12.2. The SMILES string of the molecule is COc1ccc(N2C[C@H](C(=O)N3CCc4ccccc43)CC2=O)cc1. The third-order valence-corrected chi connectivity index (χ3v) is 5.01. The van der Waals surface area contributed by atoms with E-state index in [1.165, 1.54) is 5.56 Å². The van der Waals surface area contributed by atoms with Gasteiger partial charge in [0, 0.05) is 30.9 Å². The topological polar surface area (TPSA) is 49.9 Å². The van der Waals surface area contributed by atoms with Crippen molar-refractivity contribution in [3.05, 3.63) is 54.1 Å². The van der Waals surface area contributed by atoms with Crippen LogP contribution in [0, 0.1) is 5.92 Å². The van der Waals surface area contributed by atoms with Gasteiger partial charge in [-0.25, -0.2) is 0 Å². The van der Waals surface area contributed by atoms with Crippen molar-refractivity contribution in [3.8, 4) is 5.75 Å². The van der Waals surface area contributed by atoms with Crippen LogP contribution in [0.25, 0.3) is 0 Å². The standard InChI is InChI=1S/C20H20N2O3/c1-25-17-8-6-16(7-9-17)22-13-15(12-19(22)23)20(24)21-11-10-14-4-2-3-5-18(14)21/h2-9,15H,10-13H2,1H3/t15-/m1/s1. The van der Waals surface area contributed by atoms with E-state index in [4.69, 9.17) is 4.74 Å². The van der Waals surface area contributed by atoms with Crippen LogP contribution in [0.15, 0.2) is 48.5 Å². The summed E-state index contributed by atoms with van der Waals surface area (Å²) in [6.07, 6.45) is 1.15. The number of carbonyl (C=O) groups excluding carboxylic acids is 2. The molecule has 0 saturated carbocycles. The van der Waals surface area contributed by atoms with Gasteiger partial charge in [-0.05, 0) is 42.3 Å². The highest BCUT2D eigenvalue weighted by Crippen LogP contribution is 2.32. The molecule has 25 heavy (non-hydrogen) atoms. The average Bonchev–Trinajstić information content (AvgIpc) is 3.25. The molecule has 0 radical (unpaired) electrons. The molecule has 2 aliphatic heterocycles. The van der Waals surface area contributed by atoms with Gasteiger partial charge in [0.15, 0.2) is 0 Å². The number of carbonyl (C=O) groups is 2. The number of methoxy groups -OCH3 is 1. The van der Waals surface area contributed by atoms with Crippen molar-refractivity contribution < 1.29 is 14.3 Å². The summed E-state index contributed by atoms with van der Waals surface area (Å²) in [5.41, 5.74) is 3.00. The largest absolute Gasteiger partial charge is 0.497 e. The smallest absolute Gasteiger partial charge is 0.232 e. The van der Waals surface area contributed by atoms with Gasteiger partial charge in [0.2, 0.25) is 11.8 Å². The number of para-hydroxylation sites is 1. The van der Waals surface area contributed by atoms with Crippen LogP contribution in [0.2, 0.25) is 0 Å². The molecule has 0 bridgehead atoms. The predicted octanol–water partition coefficient (Wildman–Crippen LogP) is 2.64. The van der Waals surface area contributed by atoms with Crippen LogP contribution in [-0.2, 0) is 16.0 Å². The summed E-state index contributed by atoms with van der Waals surface area (Å²) in [6.45, 7) is 1.13. The lowest BCUT2D eigenvalue weighted by atomic mass is 10.1. The lowest BCUT2D eigenvalue weighted by molar-refractivity contribution is -0.124. The zero-order valence-electron chi connectivity index (χ0n) is 14.1. The molecule has 2 amide bonds. The summed E-state index contributed by atoms with van der Waals surface area (Å²) in [4.78, 5) is 28.9. The van der Waals surface area contributed by atoms with Gasteiger partial charge >= 0.3 is 0 Å². The highest BCUT2D eigenvalue weighted by molar-refractivity contribution is 6.05. The number of amides is 2. The lowest BCUT2D eigenvalue weighted by Crippen LogP contribution is -2.36. The number of rotatable bonds is 3. The van der Waals surface area contributed by atoms with Gasteiger partial charge in [0.05, 0.1) is 13.0 Å². The third kappa shape index (κ3) is 2.76. The fourth-order valence-electron chi connectivity index (χ4n) is 3.67. The highest BCUT2D eigenvalue weighted by atomic mass is 16.5. The Morgan fingerprint density at radius 2 is 1.88 bits per heavy atom. The van der Waals surface area contributed by atoms with Gasteiger partial charge in [-0.2, -0.15) is 0 Å². The van der Waals surface area contributed by atoms with Crippen LogP contribution >= 0.6 is 0 Å². The first-order valence-electron chi connectivity index (χ1n) is 8.51. The Hall–Kier alpha value is -2.82. The average molecular weight is 336 g/mol. The van der Waals surface area contributed by atoms with Gasteiger partial charge in [-0.1, -0.05) is 18.2 Å².